The van der Waals surface area contributed by atoms with Gasteiger partial charge in [-0.3, -0.25) is 0 Å². The first-order valence-electron chi connectivity index (χ1n) is 8.45. The lowest BCUT2D eigenvalue weighted by molar-refractivity contribution is -0.914. The lowest BCUT2D eigenvalue weighted by Crippen LogP contribution is -3.13. The molecule has 23 heavy (non-hydrogen) atoms. The number of methoxy groups -OCH3 is 1. The summed E-state index contributed by atoms with van der Waals surface area (Å²) in [6, 6.07) is 15.1. The highest BCUT2D eigenvalue weighted by molar-refractivity contribution is 5.56. The lowest BCUT2D eigenvalue weighted by atomic mass is 10.1. The van der Waals surface area contributed by atoms with E-state index in [2.05, 4.69) is 61.2 Å². The van der Waals surface area contributed by atoms with Crippen LogP contribution in [0.5, 0.6) is 5.75 Å². The van der Waals surface area contributed by atoms with E-state index in [9.17, 15) is 0 Å². The molecule has 0 atom stereocenters. The van der Waals surface area contributed by atoms with Crippen LogP contribution in [0, 0.1) is 13.8 Å². The maximum absolute atomic E-state index is 5.23. The second-order valence-corrected chi connectivity index (χ2v) is 6.48. The van der Waals surface area contributed by atoms with Gasteiger partial charge in [0.05, 0.1) is 33.3 Å². The average molecular weight is 311 g/mol. The molecule has 2 aromatic carbocycles. The summed E-state index contributed by atoms with van der Waals surface area (Å²) >= 11 is 0. The quantitative estimate of drug-likeness (QED) is 0.932. The van der Waals surface area contributed by atoms with Gasteiger partial charge in [0.1, 0.15) is 12.3 Å². The third-order valence-electron chi connectivity index (χ3n) is 5.00. The molecule has 1 aliphatic rings. The average Bonchev–Trinajstić information content (AvgIpc) is 2.59. The molecule has 1 aliphatic heterocycles. The van der Waals surface area contributed by atoms with Crippen molar-refractivity contribution in [2.75, 3.05) is 38.2 Å². The molecule has 1 fully saturated rings. The second-order valence-electron chi connectivity index (χ2n) is 6.48. The molecule has 1 heterocycles. The van der Waals surface area contributed by atoms with Gasteiger partial charge in [-0.1, -0.05) is 12.1 Å². The Balaban J connectivity index is 1.58. The van der Waals surface area contributed by atoms with Crippen LogP contribution in [0.2, 0.25) is 0 Å². The summed E-state index contributed by atoms with van der Waals surface area (Å²) in [6.07, 6.45) is 0. The molecule has 0 amide bonds. The van der Waals surface area contributed by atoms with Gasteiger partial charge in [0.15, 0.2) is 0 Å². The summed E-state index contributed by atoms with van der Waals surface area (Å²) in [5, 5.41) is 0. The van der Waals surface area contributed by atoms with E-state index < -0.39 is 0 Å². The van der Waals surface area contributed by atoms with Crippen LogP contribution in [0.4, 0.5) is 5.69 Å². The molecule has 0 bridgehead atoms. The molecule has 122 valence electrons. The minimum atomic E-state index is 0.934. The third kappa shape index (κ3) is 3.67. The summed E-state index contributed by atoms with van der Waals surface area (Å²) < 4.78 is 5.23. The molecule has 0 radical (unpaired) electrons. The van der Waals surface area contributed by atoms with E-state index in [0.717, 1.165) is 25.4 Å². The van der Waals surface area contributed by atoms with Crippen LogP contribution in [-0.4, -0.2) is 33.3 Å². The Morgan fingerprint density at radius 2 is 1.70 bits per heavy atom. The molecular weight excluding hydrogens is 284 g/mol. The molecule has 1 saturated heterocycles. The van der Waals surface area contributed by atoms with Gasteiger partial charge in [-0.15, -0.1) is 0 Å². The first-order valence-corrected chi connectivity index (χ1v) is 8.45. The minimum absolute atomic E-state index is 0.934. The Morgan fingerprint density at radius 1 is 1.00 bits per heavy atom. The number of ether oxygens (including phenoxy) is 1. The number of aryl methyl sites for hydroxylation is 1. The minimum Gasteiger partial charge on any atom is -0.497 e. The molecular formula is C20H27N2O+. The Hall–Kier alpha value is -2.00. The zero-order valence-electron chi connectivity index (χ0n) is 14.4. The van der Waals surface area contributed by atoms with E-state index in [-0.39, 0.29) is 0 Å². The predicted octanol–water partition coefficient (Wildman–Crippen LogP) is 2.22. The Labute approximate surface area is 139 Å². The maximum atomic E-state index is 5.23. The number of benzene rings is 2. The number of rotatable bonds is 4. The summed E-state index contributed by atoms with van der Waals surface area (Å²) in [7, 11) is 1.72. The van der Waals surface area contributed by atoms with E-state index in [1.54, 1.807) is 12.0 Å². The summed E-state index contributed by atoms with van der Waals surface area (Å²) in [6.45, 7) is 10.2. The molecule has 0 saturated carbocycles. The van der Waals surface area contributed by atoms with Gasteiger partial charge in [0, 0.05) is 11.3 Å². The third-order valence-corrected chi connectivity index (χ3v) is 5.00. The van der Waals surface area contributed by atoms with Crippen LogP contribution in [0.3, 0.4) is 0 Å². The van der Waals surface area contributed by atoms with Crippen LogP contribution in [0.15, 0.2) is 42.5 Å². The maximum Gasteiger partial charge on any atom is 0.118 e. The highest BCUT2D eigenvalue weighted by atomic mass is 16.5. The Bertz CT molecular complexity index is 643. The highest BCUT2D eigenvalue weighted by Gasteiger charge is 2.21. The number of hydrogen-bond acceptors (Lipinski definition) is 2. The SMILES string of the molecule is COc1ccc(C[NH+]2CCN(c3cccc(C)c3C)CC2)cc1. The largest absolute Gasteiger partial charge is 0.497 e. The van der Waals surface area contributed by atoms with Crippen molar-refractivity contribution in [2.45, 2.75) is 20.4 Å². The van der Waals surface area contributed by atoms with Crippen LogP contribution < -0.4 is 14.5 Å². The predicted molar refractivity (Wildman–Crippen MR) is 95.5 cm³/mol. The van der Waals surface area contributed by atoms with Crippen molar-refractivity contribution in [1.82, 2.24) is 0 Å². The number of hydrogen-bond donors (Lipinski definition) is 1. The van der Waals surface area contributed by atoms with E-state index in [1.807, 2.05) is 0 Å². The Morgan fingerprint density at radius 3 is 2.35 bits per heavy atom. The molecule has 0 spiro atoms. The van der Waals surface area contributed by atoms with Crippen LogP contribution in [-0.2, 0) is 6.54 Å². The van der Waals surface area contributed by atoms with Crippen molar-refractivity contribution in [3.63, 3.8) is 0 Å². The fourth-order valence-electron chi connectivity index (χ4n) is 3.35. The van der Waals surface area contributed by atoms with Crippen molar-refractivity contribution in [3.05, 3.63) is 59.2 Å². The lowest BCUT2D eigenvalue weighted by Gasteiger charge is -2.34. The number of anilines is 1. The number of nitrogens with zero attached hydrogens (tertiary/aromatic N) is 1. The fraction of sp³-hybridized carbons (Fsp3) is 0.400. The van der Waals surface area contributed by atoms with Crippen molar-refractivity contribution < 1.29 is 9.64 Å². The van der Waals surface area contributed by atoms with Gasteiger partial charge in [0.25, 0.3) is 0 Å². The fourth-order valence-corrected chi connectivity index (χ4v) is 3.35. The van der Waals surface area contributed by atoms with Crippen LogP contribution in [0.1, 0.15) is 16.7 Å². The van der Waals surface area contributed by atoms with Gasteiger partial charge in [-0.25, -0.2) is 0 Å². The Kier molecular flexibility index (Phi) is 4.87. The van der Waals surface area contributed by atoms with Gasteiger partial charge < -0.3 is 14.5 Å². The summed E-state index contributed by atoms with van der Waals surface area (Å²) in [5.41, 5.74) is 5.61. The topological polar surface area (TPSA) is 16.9 Å². The highest BCUT2D eigenvalue weighted by Crippen LogP contribution is 2.22. The molecule has 0 aromatic heterocycles. The van der Waals surface area contributed by atoms with Crippen molar-refractivity contribution >= 4 is 5.69 Å². The van der Waals surface area contributed by atoms with Gasteiger partial charge in [-0.05, 0) is 55.3 Å². The zero-order chi connectivity index (χ0) is 16.2. The van der Waals surface area contributed by atoms with Gasteiger partial charge in [0.2, 0.25) is 0 Å². The van der Waals surface area contributed by atoms with Crippen molar-refractivity contribution in [1.29, 1.82) is 0 Å². The van der Waals surface area contributed by atoms with Crippen LogP contribution >= 0.6 is 0 Å². The van der Waals surface area contributed by atoms with Crippen molar-refractivity contribution in [2.24, 2.45) is 0 Å². The molecule has 2 aromatic rings. The number of quaternary nitrogens is 1. The van der Waals surface area contributed by atoms with Gasteiger partial charge >= 0.3 is 0 Å². The van der Waals surface area contributed by atoms with E-state index in [4.69, 9.17) is 4.74 Å². The molecule has 3 rings (SSSR count). The first kappa shape index (κ1) is 15.9. The number of piperazine rings is 1. The molecule has 3 nitrogen and oxygen atoms in total. The zero-order valence-corrected chi connectivity index (χ0v) is 14.4. The molecule has 0 unspecified atom stereocenters. The second kappa shape index (κ2) is 7.05. The van der Waals surface area contributed by atoms with E-state index in [0.29, 0.717) is 0 Å². The van der Waals surface area contributed by atoms with Crippen molar-refractivity contribution in [3.8, 4) is 5.75 Å². The van der Waals surface area contributed by atoms with Gasteiger partial charge in [-0.2, -0.15) is 0 Å². The first-order chi connectivity index (χ1) is 11.2. The number of nitrogens with one attached hydrogen (secondary N) is 1. The normalized spacial score (nSPS) is 15.7. The van der Waals surface area contributed by atoms with Crippen LogP contribution in [0.25, 0.3) is 0 Å². The van der Waals surface area contributed by atoms with E-state index >= 15 is 0 Å². The summed E-state index contributed by atoms with van der Waals surface area (Å²) in [4.78, 5) is 4.21. The smallest absolute Gasteiger partial charge is 0.118 e. The standard InChI is InChI=1S/C20H26N2O/c1-16-5-4-6-20(17(16)2)22-13-11-21(12-14-22)15-18-7-9-19(23-3)10-8-18/h4-10H,11-15H2,1-3H3/p+1. The summed E-state index contributed by atoms with van der Waals surface area (Å²) in [5.74, 6) is 0.934. The van der Waals surface area contributed by atoms with E-state index in [1.165, 1.54) is 35.5 Å². The monoisotopic (exact) mass is 311 g/mol. The molecule has 1 N–H and O–H groups in total. The molecule has 0 aliphatic carbocycles. The molecule has 3 heteroatoms.